The van der Waals surface area contributed by atoms with E-state index in [1.807, 2.05) is 11.8 Å². The summed E-state index contributed by atoms with van der Waals surface area (Å²) in [4.78, 5) is 0. The Kier molecular flexibility index (Phi) is 1.89. The molecule has 0 aliphatic carbocycles. The van der Waals surface area contributed by atoms with Crippen molar-refractivity contribution in [2.45, 2.75) is 18.6 Å². The topological polar surface area (TPSA) is 21.3 Å². The minimum atomic E-state index is 0.0862. The van der Waals surface area contributed by atoms with Crippen LogP contribution in [0.4, 0.5) is 0 Å². The van der Waals surface area contributed by atoms with Crippen molar-refractivity contribution in [3.05, 3.63) is 0 Å². The van der Waals surface area contributed by atoms with Crippen LogP contribution in [0.3, 0.4) is 0 Å². The summed E-state index contributed by atoms with van der Waals surface area (Å²) in [5.74, 6) is 2.40. The molecule has 1 spiro atoms. The van der Waals surface area contributed by atoms with Crippen LogP contribution in [-0.2, 0) is 4.74 Å². The van der Waals surface area contributed by atoms with Gasteiger partial charge in [-0.1, -0.05) is 0 Å². The van der Waals surface area contributed by atoms with Gasteiger partial charge >= 0.3 is 0 Å². The summed E-state index contributed by atoms with van der Waals surface area (Å²) in [6.45, 7) is 2.09. The number of thioether (sulfide) groups is 1. The Hall–Kier alpha value is 0.270. The van der Waals surface area contributed by atoms with Gasteiger partial charge in [-0.25, -0.2) is 0 Å². The molecule has 0 radical (unpaired) electrons. The third-order valence-corrected chi connectivity index (χ3v) is 3.30. The first kappa shape index (κ1) is 6.95. The number of hydrogen-bond donors (Lipinski definition) is 1. The van der Waals surface area contributed by atoms with Crippen molar-refractivity contribution in [1.82, 2.24) is 5.32 Å². The van der Waals surface area contributed by atoms with Crippen LogP contribution in [0.25, 0.3) is 0 Å². The van der Waals surface area contributed by atoms with E-state index in [0.29, 0.717) is 0 Å². The second-order valence-electron chi connectivity index (χ2n) is 2.93. The van der Waals surface area contributed by atoms with Crippen molar-refractivity contribution >= 4 is 11.8 Å². The zero-order chi connectivity index (χ0) is 6.86. The highest BCUT2D eigenvalue weighted by Gasteiger charge is 2.36. The van der Waals surface area contributed by atoms with Crippen LogP contribution in [0.1, 0.15) is 12.8 Å². The summed E-state index contributed by atoms with van der Waals surface area (Å²) in [7, 11) is 0. The maximum Gasteiger partial charge on any atom is 0.129 e. The first-order chi connectivity index (χ1) is 4.91. The largest absolute Gasteiger partial charge is 0.360 e. The zero-order valence-corrected chi connectivity index (χ0v) is 6.88. The molecule has 0 aromatic carbocycles. The highest BCUT2D eigenvalue weighted by molar-refractivity contribution is 7.99. The lowest BCUT2D eigenvalue weighted by Crippen LogP contribution is -2.51. The molecule has 0 saturated carbocycles. The van der Waals surface area contributed by atoms with Crippen LogP contribution in [0.5, 0.6) is 0 Å². The van der Waals surface area contributed by atoms with Crippen LogP contribution >= 0.6 is 11.8 Å². The molecule has 2 rings (SSSR count). The van der Waals surface area contributed by atoms with E-state index in [2.05, 4.69) is 5.32 Å². The summed E-state index contributed by atoms with van der Waals surface area (Å²) < 4.78 is 5.69. The Morgan fingerprint density at radius 1 is 1.50 bits per heavy atom. The highest BCUT2D eigenvalue weighted by Crippen LogP contribution is 2.30. The lowest BCUT2D eigenvalue weighted by Gasteiger charge is -2.33. The molecule has 2 saturated heterocycles. The number of hydrogen-bond acceptors (Lipinski definition) is 3. The average Bonchev–Trinajstić information content (AvgIpc) is 2.39. The van der Waals surface area contributed by atoms with Crippen LogP contribution in [0.2, 0.25) is 0 Å². The molecule has 1 unspecified atom stereocenters. The minimum absolute atomic E-state index is 0.0862. The first-order valence-corrected chi connectivity index (χ1v) is 5.04. The molecule has 2 heterocycles. The lowest BCUT2D eigenvalue weighted by molar-refractivity contribution is -0.0755. The van der Waals surface area contributed by atoms with Gasteiger partial charge in [0.1, 0.15) is 5.72 Å². The molecule has 1 atom stereocenters. The van der Waals surface area contributed by atoms with Crippen LogP contribution < -0.4 is 5.32 Å². The van der Waals surface area contributed by atoms with Gasteiger partial charge < -0.3 is 4.74 Å². The van der Waals surface area contributed by atoms with Crippen molar-refractivity contribution in [1.29, 1.82) is 0 Å². The summed E-state index contributed by atoms with van der Waals surface area (Å²) in [6.07, 6.45) is 2.37. The Bertz CT molecular complexity index is 115. The lowest BCUT2D eigenvalue weighted by atomic mass is 10.1. The summed E-state index contributed by atoms with van der Waals surface area (Å²) in [5, 5.41) is 3.45. The van der Waals surface area contributed by atoms with Gasteiger partial charge in [0, 0.05) is 5.75 Å². The fourth-order valence-electron chi connectivity index (χ4n) is 1.51. The average molecular weight is 159 g/mol. The van der Waals surface area contributed by atoms with E-state index in [1.165, 1.54) is 18.6 Å². The predicted octanol–water partition coefficient (Wildman–Crippen LogP) is 0.830. The van der Waals surface area contributed by atoms with Crippen molar-refractivity contribution in [2.75, 3.05) is 24.7 Å². The molecule has 2 fully saturated rings. The molecule has 1 N–H and O–H groups in total. The second kappa shape index (κ2) is 2.72. The van der Waals surface area contributed by atoms with Crippen molar-refractivity contribution < 1.29 is 4.74 Å². The second-order valence-corrected chi connectivity index (χ2v) is 4.03. The van der Waals surface area contributed by atoms with E-state index < -0.39 is 0 Å². The molecule has 3 heteroatoms. The highest BCUT2D eigenvalue weighted by atomic mass is 32.2. The number of rotatable bonds is 0. The normalized spacial score (nSPS) is 40.8. The molecule has 2 aliphatic heterocycles. The van der Waals surface area contributed by atoms with Crippen LogP contribution in [0, 0.1) is 0 Å². The van der Waals surface area contributed by atoms with Gasteiger partial charge in [-0.3, -0.25) is 5.32 Å². The van der Waals surface area contributed by atoms with Crippen molar-refractivity contribution in [3.63, 3.8) is 0 Å². The molecular formula is C7H13NOS. The van der Waals surface area contributed by atoms with Gasteiger partial charge in [0.05, 0.1) is 6.61 Å². The fourth-order valence-corrected chi connectivity index (χ4v) is 2.78. The van der Waals surface area contributed by atoms with E-state index in [4.69, 9.17) is 4.74 Å². The number of ether oxygens (including phenoxy) is 1. The summed E-state index contributed by atoms with van der Waals surface area (Å²) in [5.41, 5.74) is 0.0862. The predicted molar refractivity (Wildman–Crippen MR) is 43.2 cm³/mol. The van der Waals surface area contributed by atoms with E-state index >= 15 is 0 Å². The Morgan fingerprint density at radius 3 is 3.10 bits per heavy atom. The smallest absolute Gasteiger partial charge is 0.129 e. The van der Waals surface area contributed by atoms with E-state index in [9.17, 15) is 0 Å². The van der Waals surface area contributed by atoms with E-state index in [1.54, 1.807) is 0 Å². The van der Waals surface area contributed by atoms with Crippen molar-refractivity contribution in [2.24, 2.45) is 0 Å². The van der Waals surface area contributed by atoms with Crippen LogP contribution in [-0.4, -0.2) is 30.4 Å². The zero-order valence-electron chi connectivity index (χ0n) is 6.06. The standard InChI is InChI=1S/C7H13NOS/c1-3-8-7(9-4-1)2-5-10-6-7/h8H,1-6H2. The summed E-state index contributed by atoms with van der Waals surface area (Å²) in [6, 6.07) is 0. The van der Waals surface area contributed by atoms with Gasteiger partial charge in [-0.2, -0.15) is 11.8 Å². The van der Waals surface area contributed by atoms with Gasteiger partial charge in [0.2, 0.25) is 0 Å². The van der Waals surface area contributed by atoms with Gasteiger partial charge in [0.25, 0.3) is 0 Å². The Morgan fingerprint density at radius 2 is 2.50 bits per heavy atom. The van der Waals surface area contributed by atoms with Gasteiger partial charge in [-0.15, -0.1) is 0 Å². The fraction of sp³-hybridized carbons (Fsp3) is 1.00. The third-order valence-electron chi connectivity index (χ3n) is 2.13. The SMILES string of the molecule is C1CNC2(CCSC2)OC1. The molecular weight excluding hydrogens is 146 g/mol. The molecule has 10 heavy (non-hydrogen) atoms. The Labute approximate surface area is 65.7 Å². The van der Waals surface area contributed by atoms with Gasteiger partial charge in [-0.05, 0) is 25.1 Å². The maximum absolute atomic E-state index is 5.69. The minimum Gasteiger partial charge on any atom is -0.360 e. The monoisotopic (exact) mass is 159 g/mol. The Balaban J connectivity index is 1.98. The molecule has 0 bridgehead atoms. The molecule has 58 valence electrons. The third kappa shape index (κ3) is 1.18. The summed E-state index contributed by atoms with van der Waals surface area (Å²) >= 11 is 1.99. The van der Waals surface area contributed by atoms with Crippen LogP contribution in [0.15, 0.2) is 0 Å². The molecule has 0 aromatic rings. The quantitative estimate of drug-likeness (QED) is 0.565. The van der Waals surface area contributed by atoms with E-state index in [-0.39, 0.29) is 5.72 Å². The van der Waals surface area contributed by atoms with E-state index in [0.717, 1.165) is 18.9 Å². The maximum atomic E-state index is 5.69. The number of nitrogens with one attached hydrogen (secondary N) is 1. The molecule has 2 aliphatic rings. The van der Waals surface area contributed by atoms with Gasteiger partial charge in [0.15, 0.2) is 0 Å². The molecule has 0 aromatic heterocycles. The first-order valence-electron chi connectivity index (χ1n) is 3.88. The molecule has 0 amide bonds. The molecule has 2 nitrogen and oxygen atoms in total. The van der Waals surface area contributed by atoms with Crippen molar-refractivity contribution in [3.8, 4) is 0 Å².